The van der Waals surface area contributed by atoms with Crippen LogP contribution < -0.4 is 0 Å². The normalized spacial score (nSPS) is 18.6. The Balaban J connectivity index is 2.17. The molecule has 1 aliphatic carbocycles. The Morgan fingerprint density at radius 3 is 2.41 bits per heavy atom. The lowest BCUT2D eigenvalue weighted by Crippen LogP contribution is -2.31. The van der Waals surface area contributed by atoms with Gasteiger partial charge in [0.1, 0.15) is 11.5 Å². The molecule has 0 aromatic heterocycles. The average molecular weight is 448 g/mol. The van der Waals surface area contributed by atoms with E-state index in [0.717, 1.165) is 18.4 Å². The van der Waals surface area contributed by atoms with Gasteiger partial charge in [0.05, 0.1) is 18.6 Å². The van der Waals surface area contributed by atoms with Crippen LogP contribution in [0.1, 0.15) is 70.4 Å². The summed E-state index contributed by atoms with van der Waals surface area (Å²) >= 11 is 0. The third-order valence-corrected chi connectivity index (χ3v) is 6.05. The first-order valence-corrected chi connectivity index (χ1v) is 10.8. The molecule has 0 fully saturated rings. The Kier molecular flexibility index (Phi) is 8.30. The summed E-state index contributed by atoms with van der Waals surface area (Å²) in [5.41, 5.74) is 1.95. The summed E-state index contributed by atoms with van der Waals surface area (Å²) in [7, 11) is 0. The molecule has 176 valence electrons. The van der Waals surface area contributed by atoms with Crippen LogP contribution in [0.5, 0.6) is 11.5 Å². The van der Waals surface area contributed by atoms with E-state index in [1.54, 1.807) is 13.8 Å². The fourth-order valence-corrected chi connectivity index (χ4v) is 4.04. The number of rotatable bonds is 10. The summed E-state index contributed by atoms with van der Waals surface area (Å²) < 4.78 is 5.31. The summed E-state index contributed by atoms with van der Waals surface area (Å²) in [6, 6.07) is 3.02. The number of phenolic OH excluding ortho intramolecular Hbond substituents is 2. The third-order valence-electron chi connectivity index (χ3n) is 6.05. The van der Waals surface area contributed by atoms with Gasteiger partial charge in [-0.3, -0.25) is 4.79 Å². The second-order valence-electron chi connectivity index (χ2n) is 8.98. The van der Waals surface area contributed by atoms with Crippen LogP contribution in [-0.4, -0.2) is 34.5 Å². The zero-order valence-electron chi connectivity index (χ0n) is 19.2. The molecule has 0 unspecified atom stereocenters. The first-order valence-electron chi connectivity index (χ1n) is 10.8. The fraction of sp³-hybridized carbons (Fsp3) is 0.542. The van der Waals surface area contributed by atoms with Crippen molar-refractivity contribution in [1.29, 1.82) is 0 Å². The SMILES string of the molecule is C=C(C)[C@@H]1CCC(C)=C[C@H]1c1c(O)cc(C(C)(C)C(=O)OCCCCO[N+](=O)[O-])cc1O. The highest BCUT2D eigenvalue weighted by atomic mass is 16.9. The minimum atomic E-state index is -1.11. The quantitative estimate of drug-likeness (QED) is 0.172. The standard InChI is InChI=1S/C24H33NO7/c1-15(2)18-9-8-16(3)12-19(18)22-20(26)13-17(14-21(22)27)24(4,5)23(28)31-10-6-7-11-32-25(29)30/h12-14,18-19,26-27H,1,6-11H2,2-5H3/t18-,19+/m0/s1. The maximum Gasteiger partial charge on any atom is 0.315 e. The van der Waals surface area contributed by atoms with Crippen molar-refractivity contribution in [3.8, 4) is 11.5 Å². The van der Waals surface area contributed by atoms with Gasteiger partial charge in [-0.1, -0.05) is 23.8 Å². The maximum absolute atomic E-state index is 12.7. The Labute approximate surface area is 188 Å². The molecule has 0 saturated carbocycles. The summed E-state index contributed by atoms with van der Waals surface area (Å²) in [5.74, 6) is -0.738. The van der Waals surface area contributed by atoms with Crippen LogP contribution in [0, 0.1) is 16.0 Å². The monoisotopic (exact) mass is 447 g/mol. The molecule has 0 bridgehead atoms. The van der Waals surface area contributed by atoms with Crippen molar-refractivity contribution >= 4 is 5.97 Å². The summed E-state index contributed by atoms with van der Waals surface area (Å²) in [5, 5.41) is 30.9. The number of hydrogen-bond donors (Lipinski definition) is 2. The van der Waals surface area contributed by atoms with Crippen molar-refractivity contribution in [2.75, 3.05) is 13.2 Å². The van der Waals surface area contributed by atoms with Gasteiger partial charge in [-0.05, 0) is 77.0 Å². The van der Waals surface area contributed by atoms with E-state index in [1.807, 2.05) is 13.8 Å². The van der Waals surface area contributed by atoms with Crippen LogP contribution in [-0.2, 0) is 19.8 Å². The number of carbonyl (C=O) groups excluding carboxylic acids is 1. The van der Waals surface area contributed by atoms with Gasteiger partial charge in [0, 0.05) is 11.5 Å². The Hall–Kier alpha value is -3.03. The Morgan fingerprint density at radius 2 is 1.84 bits per heavy atom. The number of nitrogens with zero attached hydrogens (tertiary/aromatic N) is 1. The summed E-state index contributed by atoms with van der Waals surface area (Å²) in [4.78, 5) is 27.0. The number of carbonyl (C=O) groups is 1. The second kappa shape index (κ2) is 10.5. The predicted octanol–water partition coefficient (Wildman–Crippen LogP) is 4.92. The molecule has 2 rings (SSSR count). The molecule has 32 heavy (non-hydrogen) atoms. The molecular weight excluding hydrogens is 414 g/mol. The van der Waals surface area contributed by atoms with Gasteiger partial charge in [-0.15, -0.1) is 10.1 Å². The number of aromatic hydroxyl groups is 2. The second-order valence-corrected chi connectivity index (χ2v) is 8.98. The zero-order chi connectivity index (χ0) is 24.1. The smallest absolute Gasteiger partial charge is 0.315 e. The molecule has 0 radical (unpaired) electrons. The van der Waals surface area contributed by atoms with Gasteiger partial charge in [0.15, 0.2) is 0 Å². The van der Waals surface area contributed by atoms with Gasteiger partial charge in [-0.25, -0.2) is 0 Å². The number of esters is 1. The van der Waals surface area contributed by atoms with E-state index in [4.69, 9.17) is 4.74 Å². The van der Waals surface area contributed by atoms with Gasteiger partial charge in [0.2, 0.25) is 0 Å². The largest absolute Gasteiger partial charge is 0.507 e. The van der Waals surface area contributed by atoms with Crippen molar-refractivity contribution in [3.63, 3.8) is 0 Å². The highest BCUT2D eigenvalue weighted by Gasteiger charge is 2.35. The van der Waals surface area contributed by atoms with E-state index in [-0.39, 0.29) is 36.5 Å². The van der Waals surface area contributed by atoms with Crippen molar-refractivity contribution in [3.05, 3.63) is 57.2 Å². The van der Waals surface area contributed by atoms with Crippen molar-refractivity contribution < 1.29 is 29.7 Å². The Bertz CT molecular complexity index is 881. The predicted molar refractivity (Wildman–Crippen MR) is 120 cm³/mol. The molecule has 1 aromatic carbocycles. The minimum Gasteiger partial charge on any atom is -0.507 e. The van der Waals surface area contributed by atoms with E-state index >= 15 is 0 Å². The van der Waals surface area contributed by atoms with Crippen molar-refractivity contribution in [2.24, 2.45) is 5.92 Å². The molecule has 2 N–H and O–H groups in total. The summed E-state index contributed by atoms with van der Waals surface area (Å²) in [6.45, 7) is 11.4. The molecule has 0 aliphatic heterocycles. The number of benzene rings is 1. The van der Waals surface area contributed by atoms with Gasteiger partial charge < -0.3 is 19.8 Å². The fourth-order valence-electron chi connectivity index (χ4n) is 4.04. The number of hydrogen-bond acceptors (Lipinski definition) is 7. The highest BCUT2D eigenvalue weighted by Crippen LogP contribution is 2.47. The Morgan fingerprint density at radius 1 is 1.25 bits per heavy atom. The van der Waals surface area contributed by atoms with Crippen LogP contribution in [0.25, 0.3) is 0 Å². The number of allylic oxidation sites excluding steroid dienone is 3. The lowest BCUT2D eigenvalue weighted by Gasteiger charge is -2.32. The minimum absolute atomic E-state index is 0.0581. The molecule has 2 atom stereocenters. The molecule has 0 saturated heterocycles. The summed E-state index contributed by atoms with van der Waals surface area (Å²) in [6.07, 6.45) is 4.71. The molecule has 0 spiro atoms. The van der Waals surface area contributed by atoms with Crippen LogP contribution in [0.2, 0.25) is 0 Å². The molecule has 8 nitrogen and oxygen atoms in total. The van der Waals surface area contributed by atoms with Gasteiger partial charge in [-0.2, -0.15) is 0 Å². The number of ether oxygens (including phenoxy) is 1. The first kappa shape index (κ1) is 25.2. The number of unbranched alkanes of at least 4 members (excludes halogenated alkanes) is 1. The molecular formula is C24H33NO7. The maximum atomic E-state index is 12.7. The molecule has 1 aliphatic rings. The van der Waals surface area contributed by atoms with Gasteiger partial charge >= 0.3 is 5.97 Å². The van der Waals surface area contributed by atoms with Crippen LogP contribution in [0.4, 0.5) is 0 Å². The molecule has 0 amide bonds. The van der Waals surface area contributed by atoms with Gasteiger partial charge in [0.25, 0.3) is 5.09 Å². The van der Waals surface area contributed by atoms with Crippen molar-refractivity contribution in [1.82, 2.24) is 0 Å². The van der Waals surface area contributed by atoms with Crippen LogP contribution >= 0.6 is 0 Å². The average Bonchev–Trinajstić information content (AvgIpc) is 2.69. The van der Waals surface area contributed by atoms with Crippen LogP contribution in [0.15, 0.2) is 35.9 Å². The topological polar surface area (TPSA) is 119 Å². The molecule has 8 heteroatoms. The van der Waals surface area contributed by atoms with E-state index in [1.165, 1.54) is 17.7 Å². The number of phenols is 2. The molecule has 0 heterocycles. The van der Waals surface area contributed by atoms with Crippen molar-refractivity contribution in [2.45, 2.75) is 64.7 Å². The van der Waals surface area contributed by atoms with E-state index in [0.29, 0.717) is 24.0 Å². The lowest BCUT2D eigenvalue weighted by molar-refractivity contribution is -0.757. The highest BCUT2D eigenvalue weighted by molar-refractivity contribution is 5.82. The van der Waals surface area contributed by atoms with E-state index < -0.39 is 16.5 Å². The molecule has 1 aromatic rings. The van der Waals surface area contributed by atoms with E-state index in [9.17, 15) is 25.1 Å². The lowest BCUT2D eigenvalue weighted by atomic mass is 9.73. The first-order chi connectivity index (χ1) is 14.9. The van der Waals surface area contributed by atoms with Crippen LogP contribution in [0.3, 0.4) is 0 Å². The van der Waals surface area contributed by atoms with E-state index in [2.05, 4.69) is 17.5 Å². The zero-order valence-corrected chi connectivity index (χ0v) is 19.2. The third kappa shape index (κ3) is 6.02.